The van der Waals surface area contributed by atoms with Crippen LogP contribution in [0.25, 0.3) is 0 Å². The van der Waals surface area contributed by atoms with Gasteiger partial charge in [0.1, 0.15) is 11.4 Å². The summed E-state index contributed by atoms with van der Waals surface area (Å²) in [6, 6.07) is 5.65. The standard InChI is InChI=1S/C15H22N2O3/c1-15(2,3)20-14(18)17-11-5-6-13(19-4)12(7-11)10-8-16-9-10/h5-7,10,16H,8-9H2,1-4H3,(H,17,18). The minimum Gasteiger partial charge on any atom is -0.496 e. The van der Waals surface area contributed by atoms with Crippen LogP contribution in [0.3, 0.4) is 0 Å². The largest absolute Gasteiger partial charge is 0.496 e. The van der Waals surface area contributed by atoms with Crippen LogP contribution in [-0.4, -0.2) is 31.9 Å². The molecule has 0 spiro atoms. The van der Waals surface area contributed by atoms with Crippen LogP contribution in [-0.2, 0) is 4.74 Å². The summed E-state index contributed by atoms with van der Waals surface area (Å²) in [6.07, 6.45) is -0.444. The molecule has 1 saturated heterocycles. The highest BCUT2D eigenvalue weighted by Gasteiger charge is 2.23. The molecule has 0 unspecified atom stereocenters. The molecule has 1 aliphatic heterocycles. The number of ether oxygens (including phenoxy) is 2. The number of methoxy groups -OCH3 is 1. The van der Waals surface area contributed by atoms with E-state index in [0.717, 1.165) is 30.1 Å². The number of amides is 1. The molecule has 1 fully saturated rings. The van der Waals surface area contributed by atoms with Crippen molar-refractivity contribution in [2.45, 2.75) is 32.3 Å². The minimum atomic E-state index is -0.503. The normalized spacial score (nSPS) is 15.4. The van der Waals surface area contributed by atoms with Crippen molar-refractivity contribution in [2.75, 3.05) is 25.5 Å². The second-order valence-electron chi connectivity index (χ2n) is 5.94. The Kier molecular flexibility index (Phi) is 4.18. The highest BCUT2D eigenvalue weighted by molar-refractivity contribution is 5.85. The number of carbonyl (C=O) groups is 1. The second-order valence-corrected chi connectivity index (χ2v) is 5.94. The van der Waals surface area contributed by atoms with E-state index in [0.29, 0.717) is 5.92 Å². The maximum Gasteiger partial charge on any atom is 0.412 e. The Hall–Kier alpha value is -1.75. The molecule has 5 nitrogen and oxygen atoms in total. The summed E-state index contributed by atoms with van der Waals surface area (Å²) < 4.78 is 10.6. The lowest BCUT2D eigenvalue weighted by Crippen LogP contribution is -2.40. The number of hydrogen-bond acceptors (Lipinski definition) is 4. The monoisotopic (exact) mass is 278 g/mol. The van der Waals surface area contributed by atoms with E-state index in [9.17, 15) is 4.79 Å². The van der Waals surface area contributed by atoms with Crippen LogP contribution in [0.5, 0.6) is 5.75 Å². The van der Waals surface area contributed by atoms with Crippen molar-refractivity contribution in [3.8, 4) is 5.75 Å². The van der Waals surface area contributed by atoms with E-state index in [1.807, 2.05) is 39.0 Å². The third-order valence-electron chi connectivity index (χ3n) is 3.10. The second kappa shape index (κ2) is 5.71. The van der Waals surface area contributed by atoms with E-state index in [1.54, 1.807) is 7.11 Å². The summed E-state index contributed by atoms with van der Waals surface area (Å²) in [5.41, 5.74) is 1.33. The zero-order chi connectivity index (χ0) is 14.8. The molecule has 0 atom stereocenters. The molecule has 1 aromatic rings. The smallest absolute Gasteiger partial charge is 0.412 e. The van der Waals surface area contributed by atoms with Gasteiger partial charge >= 0.3 is 6.09 Å². The van der Waals surface area contributed by atoms with Crippen molar-refractivity contribution in [3.63, 3.8) is 0 Å². The van der Waals surface area contributed by atoms with E-state index in [4.69, 9.17) is 9.47 Å². The predicted molar refractivity (Wildman–Crippen MR) is 78.5 cm³/mol. The molecule has 2 N–H and O–H groups in total. The quantitative estimate of drug-likeness (QED) is 0.892. The SMILES string of the molecule is COc1ccc(NC(=O)OC(C)(C)C)cc1C1CNC1. The summed E-state index contributed by atoms with van der Waals surface area (Å²) in [4.78, 5) is 11.8. The fourth-order valence-corrected chi connectivity index (χ4v) is 2.06. The molecule has 20 heavy (non-hydrogen) atoms. The van der Waals surface area contributed by atoms with E-state index in [-0.39, 0.29) is 0 Å². The van der Waals surface area contributed by atoms with E-state index >= 15 is 0 Å². The number of rotatable bonds is 3. The lowest BCUT2D eigenvalue weighted by atomic mass is 9.92. The Morgan fingerprint density at radius 1 is 1.35 bits per heavy atom. The first-order chi connectivity index (χ1) is 9.39. The summed E-state index contributed by atoms with van der Waals surface area (Å²) in [7, 11) is 1.66. The van der Waals surface area contributed by atoms with Gasteiger partial charge in [-0.2, -0.15) is 0 Å². The zero-order valence-electron chi connectivity index (χ0n) is 12.4. The molecule has 110 valence electrons. The number of nitrogens with one attached hydrogen (secondary N) is 2. The van der Waals surface area contributed by atoms with E-state index in [1.165, 1.54) is 0 Å². The van der Waals surface area contributed by atoms with Gasteiger partial charge in [-0.25, -0.2) is 4.79 Å². The average Bonchev–Trinajstić information content (AvgIpc) is 2.24. The molecule has 0 bridgehead atoms. The van der Waals surface area contributed by atoms with Crippen LogP contribution < -0.4 is 15.4 Å². The maximum atomic E-state index is 11.8. The van der Waals surface area contributed by atoms with Crippen LogP contribution >= 0.6 is 0 Å². The van der Waals surface area contributed by atoms with Crippen LogP contribution in [0.2, 0.25) is 0 Å². The molecule has 2 rings (SSSR count). The third kappa shape index (κ3) is 3.63. The summed E-state index contributed by atoms with van der Waals surface area (Å²) in [5.74, 6) is 1.29. The minimum absolute atomic E-state index is 0.435. The number of hydrogen-bond donors (Lipinski definition) is 2. The molecule has 0 radical (unpaired) electrons. The van der Waals surface area contributed by atoms with Crippen molar-refractivity contribution >= 4 is 11.8 Å². The van der Waals surface area contributed by atoms with Gasteiger partial charge in [-0.15, -0.1) is 0 Å². The fourth-order valence-electron chi connectivity index (χ4n) is 2.06. The topological polar surface area (TPSA) is 59.6 Å². The molecule has 1 aliphatic rings. The van der Waals surface area contributed by atoms with E-state index in [2.05, 4.69) is 10.6 Å². The van der Waals surface area contributed by atoms with Crippen LogP contribution in [0.4, 0.5) is 10.5 Å². The molecule has 5 heteroatoms. The van der Waals surface area contributed by atoms with Crippen molar-refractivity contribution in [1.82, 2.24) is 5.32 Å². The van der Waals surface area contributed by atoms with Gasteiger partial charge in [0.05, 0.1) is 7.11 Å². The first kappa shape index (κ1) is 14.7. The van der Waals surface area contributed by atoms with Crippen molar-refractivity contribution in [1.29, 1.82) is 0 Å². The van der Waals surface area contributed by atoms with Crippen LogP contribution in [0.15, 0.2) is 18.2 Å². The van der Waals surface area contributed by atoms with Gasteiger partial charge in [-0.3, -0.25) is 5.32 Å². The zero-order valence-corrected chi connectivity index (χ0v) is 12.4. The number of anilines is 1. The molecule has 0 aliphatic carbocycles. The van der Waals surface area contributed by atoms with Crippen LogP contribution in [0.1, 0.15) is 32.3 Å². The number of benzene rings is 1. The molecular weight excluding hydrogens is 256 g/mol. The molecule has 0 aromatic heterocycles. The summed E-state index contributed by atoms with van der Waals surface area (Å²) in [5, 5.41) is 5.99. The van der Waals surface area contributed by atoms with Crippen molar-refractivity contribution < 1.29 is 14.3 Å². The van der Waals surface area contributed by atoms with Gasteiger partial charge in [0.15, 0.2) is 0 Å². The molecule has 1 amide bonds. The molecule has 1 heterocycles. The van der Waals surface area contributed by atoms with Crippen molar-refractivity contribution in [2.24, 2.45) is 0 Å². The Labute approximate surface area is 119 Å². The summed E-state index contributed by atoms with van der Waals surface area (Å²) in [6.45, 7) is 7.39. The average molecular weight is 278 g/mol. The van der Waals surface area contributed by atoms with Gasteiger partial charge in [0.2, 0.25) is 0 Å². The van der Waals surface area contributed by atoms with Crippen molar-refractivity contribution in [3.05, 3.63) is 23.8 Å². The maximum absolute atomic E-state index is 11.8. The van der Waals surface area contributed by atoms with Gasteiger partial charge in [-0.05, 0) is 39.0 Å². The van der Waals surface area contributed by atoms with Gasteiger partial charge in [0.25, 0.3) is 0 Å². The highest BCUT2D eigenvalue weighted by Crippen LogP contribution is 2.31. The lowest BCUT2D eigenvalue weighted by molar-refractivity contribution is 0.0636. The Morgan fingerprint density at radius 3 is 2.55 bits per heavy atom. The Morgan fingerprint density at radius 2 is 2.05 bits per heavy atom. The van der Waals surface area contributed by atoms with Gasteiger partial charge in [-0.1, -0.05) is 0 Å². The molecule has 1 aromatic carbocycles. The van der Waals surface area contributed by atoms with Gasteiger partial charge in [0, 0.05) is 30.3 Å². The van der Waals surface area contributed by atoms with Crippen LogP contribution in [0, 0.1) is 0 Å². The Balaban J connectivity index is 2.10. The fraction of sp³-hybridized carbons (Fsp3) is 0.533. The van der Waals surface area contributed by atoms with E-state index < -0.39 is 11.7 Å². The predicted octanol–water partition coefficient (Wildman–Crippen LogP) is 2.73. The third-order valence-corrected chi connectivity index (χ3v) is 3.10. The summed E-state index contributed by atoms with van der Waals surface area (Å²) >= 11 is 0. The first-order valence-electron chi connectivity index (χ1n) is 6.78. The van der Waals surface area contributed by atoms with Gasteiger partial charge < -0.3 is 14.8 Å². The number of carbonyl (C=O) groups excluding carboxylic acids is 1. The Bertz CT molecular complexity index is 490. The first-order valence-corrected chi connectivity index (χ1v) is 6.78. The lowest BCUT2D eigenvalue weighted by Gasteiger charge is -2.29. The highest BCUT2D eigenvalue weighted by atomic mass is 16.6. The molecular formula is C15H22N2O3. The molecule has 0 saturated carbocycles.